The smallest absolute Gasteiger partial charge is 0.251 e. The number of rotatable bonds is 0. The summed E-state index contributed by atoms with van der Waals surface area (Å²) in [5.74, 6) is 0. The lowest BCUT2D eigenvalue weighted by atomic mass is 10.1. The molecule has 0 radical (unpaired) electrons. The zero-order chi connectivity index (χ0) is 11.1. The molecule has 1 nitrogen and oxygen atoms in total. The SMILES string of the molecule is FC(F)(F)c1nccc2cc(Br)ccc12. The summed E-state index contributed by atoms with van der Waals surface area (Å²) in [7, 11) is 0. The Morgan fingerprint density at radius 2 is 1.87 bits per heavy atom. The minimum absolute atomic E-state index is 0.119. The molecule has 0 saturated carbocycles. The van der Waals surface area contributed by atoms with Gasteiger partial charge in [-0.3, -0.25) is 4.98 Å². The molecule has 0 fully saturated rings. The van der Waals surface area contributed by atoms with Crippen molar-refractivity contribution in [2.75, 3.05) is 0 Å². The van der Waals surface area contributed by atoms with Crippen molar-refractivity contribution in [3.63, 3.8) is 0 Å². The molecule has 0 spiro atoms. The van der Waals surface area contributed by atoms with Crippen LogP contribution >= 0.6 is 15.9 Å². The van der Waals surface area contributed by atoms with Crippen LogP contribution < -0.4 is 0 Å². The number of nitrogens with zero attached hydrogens (tertiary/aromatic N) is 1. The van der Waals surface area contributed by atoms with Gasteiger partial charge in [0.05, 0.1) is 0 Å². The van der Waals surface area contributed by atoms with Crippen LogP contribution in [0.5, 0.6) is 0 Å². The first-order valence-electron chi connectivity index (χ1n) is 4.10. The van der Waals surface area contributed by atoms with Crippen LogP contribution in [0.25, 0.3) is 10.8 Å². The van der Waals surface area contributed by atoms with Gasteiger partial charge >= 0.3 is 6.18 Å². The summed E-state index contributed by atoms with van der Waals surface area (Å²) >= 11 is 3.21. The van der Waals surface area contributed by atoms with Gasteiger partial charge < -0.3 is 0 Å². The van der Waals surface area contributed by atoms with E-state index in [1.165, 1.54) is 6.07 Å². The Hall–Kier alpha value is -1.10. The standard InChI is InChI=1S/C10H5BrF3N/c11-7-1-2-8-6(5-7)3-4-15-9(8)10(12,13)14/h1-5H. The van der Waals surface area contributed by atoms with Gasteiger partial charge in [0.1, 0.15) is 0 Å². The molecule has 0 unspecified atom stereocenters. The highest BCUT2D eigenvalue weighted by Crippen LogP contribution is 2.33. The molecule has 0 N–H and O–H groups in total. The van der Waals surface area contributed by atoms with E-state index in [4.69, 9.17) is 0 Å². The van der Waals surface area contributed by atoms with Crippen LogP contribution in [0.4, 0.5) is 13.2 Å². The molecule has 0 amide bonds. The topological polar surface area (TPSA) is 12.9 Å². The average molecular weight is 276 g/mol. The molecule has 0 bridgehead atoms. The number of alkyl halides is 3. The highest BCUT2D eigenvalue weighted by atomic mass is 79.9. The van der Waals surface area contributed by atoms with Crippen molar-refractivity contribution in [1.29, 1.82) is 0 Å². The second-order valence-corrected chi connectivity index (χ2v) is 3.94. The predicted molar refractivity (Wildman–Crippen MR) is 54.4 cm³/mol. The number of hydrogen-bond acceptors (Lipinski definition) is 1. The summed E-state index contributed by atoms with van der Waals surface area (Å²) < 4.78 is 38.4. The number of pyridine rings is 1. The molecule has 5 heteroatoms. The highest BCUT2D eigenvalue weighted by molar-refractivity contribution is 9.10. The second kappa shape index (κ2) is 3.48. The van der Waals surface area contributed by atoms with Gasteiger partial charge in [0, 0.05) is 16.1 Å². The van der Waals surface area contributed by atoms with Gasteiger partial charge in [-0.15, -0.1) is 0 Å². The zero-order valence-electron chi connectivity index (χ0n) is 7.35. The number of fused-ring (bicyclic) bond motifs is 1. The maximum absolute atomic E-state index is 12.5. The van der Waals surface area contributed by atoms with E-state index in [1.54, 1.807) is 18.2 Å². The van der Waals surface area contributed by atoms with Crippen molar-refractivity contribution in [3.05, 3.63) is 40.6 Å². The van der Waals surface area contributed by atoms with Crippen LogP contribution in [0.1, 0.15) is 5.69 Å². The first-order chi connectivity index (χ1) is 6.98. The lowest BCUT2D eigenvalue weighted by molar-refractivity contribution is -0.139. The van der Waals surface area contributed by atoms with Crippen LogP contribution in [0.2, 0.25) is 0 Å². The zero-order valence-corrected chi connectivity index (χ0v) is 8.93. The fraction of sp³-hybridized carbons (Fsp3) is 0.100. The van der Waals surface area contributed by atoms with E-state index in [0.717, 1.165) is 10.7 Å². The number of aromatic nitrogens is 1. The Morgan fingerprint density at radius 1 is 1.13 bits per heavy atom. The Balaban J connectivity index is 2.77. The summed E-state index contributed by atoms with van der Waals surface area (Å²) in [4.78, 5) is 3.37. The molecule has 2 rings (SSSR count). The van der Waals surface area contributed by atoms with E-state index in [9.17, 15) is 13.2 Å². The third-order valence-corrected chi connectivity index (χ3v) is 2.49. The Labute approximate surface area is 92.1 Å². The minimum atomic E-state index is -4.41. The van der Waals surface area contributed by atoms with Crippen LogP contribution in [0, 0.1) is 0 Å². The van der Waals surface area contributed by atoms with Gasteiger partial charge in [-0.05, 0) is 23.6 Å². The first kappa shape index (κ1) is 10.4. The van der Waals surface area contributed by atoms with Crippen molar-refractivity contribution >= 4 is 26.7 Å². The quantitative estimate of drug-likeness (QED) is 0.708. The number of benzene rings is 1. The molecular weight excluding hydrogens is 271 g/mol. The summed E-state index contributed by atoms with van der Waals surface area (Å²) in [6, 6.07) is 6.16. The van der Waals surface area contributed by atoms with E-state index in [-0.39, 0.29) is 5.39 Å². The Kier molecular flexibility index (Phi) is 2.42. The van der Waals surface area contributed by atoms with E-state index < -0.39 is 11.9 Å². The first-order valence-corrected chi connectivity index (χ1v) is 4.89. The maximum atomic E-state index is 12.5. The molecule has 0 aliphatic carbocycles. The molecule has 0 saturated heterocycles. The van der Waals surface area contributed by atoms with Gasteiger partial charge in [0.15, 0.2) is 5.69 Å². The van der Waals surface area contributed by atoms with Crippen molar-refractivity contribution in [3.8, 4) is 0 Å². The summed E-state index contributed by atoms with van der Waals surface area (Å²) in [6.45, 7) is 0. The van der Waals surface area contributed by atoms with Crippen LogP contribution in [0.3, 0.4) is 0 Å². The van der Waals surface area contributed by atoms with Crippen LogP contribution in [-0.2, 0) is 6.18 Å². The Morgan fingerprint density at radius 3 is 2.53 bits per heavy atom. The molecular formula is C10H5BrF3N. The summed E-state index contributed by atoms with van der Waals surface area (Å²) in [5, 5.41) is 0.639. The summed E-state index contributed by atoms with van der Waals surface area (Å²) in [5.41, 5.74) is -0.840. The predicted octanol–water partition coefficient (Wildman–Crippen LogP) is 4.02. The molecule has 1 aromatic carbocycles. The van der Waals surface area contributed by atoms with Gasteiger partial charge in [-0.2, -0.15) is 13.2 Å². The highest BCUT2D eigenvalue weighted by Gasteiger charge is 2.34. The average Bonchev–Trinajstić information content (AvgIpc) is 2.15. The van der Waals surface area contributed by atoms with E-state index in [1.807, 2.05) is 0 Å². The van der Waals surface area contributed by atoms with E-state index in [0.29, 0.717) is 5.39 Å². The lowest BCUT2D eigenvalue weighted by Gasteiger charge is -2.08. The summed E-state index contributed by atoms with van der Waals surface area (Å²) in [6.07, 6.45) is -3.25. The molecule has 1 heterocycles. The molecule has 15 heavy (non-hydrogen) atoms. The molecule has 2 aromatic rings. The fourth-order valence-electron chi connectivity index (χ4n) is 1.37. The lowest BCUT2D eigenvalue weighted by Crippen LogP contribution is -2.08. The van der Waals surface area contributed by atoms with Gasteiger partial charge in [0.2, 0.25) is 0 Å². The Bertz CT molecular complexity index is 507. The van der Waals surface area contributed by atoms with Gasteiger partial charge in [-0.25, -0.2) is 0 Å². The molecule has 0 atom stereocenters. The van der Waals surface area contributed by atoms with E-state index in [2.05, 4.69) is 20.9 Å². The van der Waals surface area contributed by atoms with Crippen molar-refractivity contribution in [2.24, 2.45) is 0 Å². The van der Waals surface area contributed by atoms with Crippen LogP contribution in [-0.4, -0.2) is 4.98 Å². The molecule has 0 aliphatic rings. The minimum Gasteiger partial charge on any atom is -0.251 e. The van der Waals surface area contributed by atoms with Gasteiger partial charge in [0.25, 0.3) is 0 Å². The van der Waals surface area contributed by atoms with Crippen molar-refractivity contribution < 1.29 is 13.2 Å². The van der Waals surface area contributed by atoms with E-state index >= 15 is 0 Å². The number of halogens is 4. The van der Waals surface area contributed by atoms with Gasteiger partial charge in [-0.1, -0.05) is 22.0 Å². The van der Waals surface area contributed by atoms with Crippen LogP contribution in [0.15, 0.2) is 34.9 Å². The molecule has 78 valence electrons. The second-order valence-electron chi connectivity index (χ2n) is 3.02. The molecule has 1 aromatic heterocycles. The fourth-order valence-corrected chi connectivity index (χ4v) is 1.75. The normalized spacial score (nSPS) is 12.0. The number of hydrogen-bond donors (Lipinski definition) is 0. The van der Waals surface area contributed by atoms with Crippen molar-refractivity contribution in [1.82, 2.24) is 4.98 Å². The molecule has 0 aliphatic heterocycles. The maximum Gasteiger partial charge on any atom is 0.433 e. The largest absolute Gasteiger partial charge is 0.433 e. The monoisotopic (exact) mass is 275 g/mol. The third-order valence-electron chi connectivity index (χ3n) is 1.99. The third kappa shape index (κ3) is 1.97. The van der Waals surface area contributed by atoms with Crippen molar-refractivity contribution in [2.45, 2.75) is 6.18 Å².